The minimum Gasteiger partial charge on any atom is -0.339 e. The van der Waals surface area contributed by atoms with Gasteiger partial charge in [0.25, 0.3) is 5.91 Å². The molecule has 1 aliphatic carbocycles. The first kappa shape index (κ1) is 24.0. The third kappa shape index (κ3) is 5.93. The number of hydrogen-bond donors (Lipinski definition) is 0. The standard InChI is InChI=1S/C29H38N4O2/c34-28(32-21-19-31(20-22-32)26-10-6-11-26)23-30-15-17-33(18-16-30)29(35)27-12-5-4-9-25(27)14-13-24-7-2-1-3-8-24/h1-5,7-9,12,26H,6,10-11,13-23H2. The smallest absolute Gasteiger partial charge is 0.254 e. The van der Waals surface area contributed by atoms with E-state index in [2.05, 4.69) is 40.1 Å². The fourth-order valence-corrected chi connectivity index (χ4v) is 5.53. The molecule has 3 aliphatic rings. The summed E-state index contributed by atoms with van der Waals surface area (Å²) in [6.45, 7) is 7.07. The van der Waals surface area contributed by atoms with E-state index < -0.39 is 0 Å². The van der Waals surface area contributed by atoms with Crippen LogP contribution in [0.2, 0.25) is 0 Å². The summed E-state index contributed by atoms with van der Waals surface area (Å²) < 4.78 is 0. The van der Waals surface area contributed by atoms with Crippen molar-refractivity contribution in [2.45, 2.75) is 38.1 Å². The van der Waals surface area contributed by atoms with Gasteiger partial charge in [0, 0.05) is 64.0 Å². The molecule has 3 fully saturated rings. The van der Waals surface area contributed by atoms with Crippen LogP contribution in [-0.2, 0) is 17.6 Å². The van der Waals surface area contributed by atoms with Gasteiger partial charge in [-0.2, -0.15) is 0 Å². The van der Waals surface area contributed by atoms with Crippen LogP contribution in [0.15, 0.2) is 54.6 Å². The lowest BCUT2D eigenvalue weighted by atomic mass is 9.91. The summed E-state index contributed by atoms with van der Waals surface area (Å²) >= 11 is 0. The highest BCUT2D eigenvalue weighted by Crippen LogP contribution is 2.25. The number of aryl methyl sites for hydroxylation is 2. The van der Waals surface area contributed by atoms with Gasteiger partial charge >= 0.3 is 0 Å². The van der Waals surface area contributed by atoms with Gasteiger partial charge in [0.05, 0.1) is 6.54 Å². The second-order valence-corrected chi connectivity index (χ2v) is 10.2. The van der Waals surface area contributed by atoms with Crippen LogP contribution in [0.25, 0.3) is 0 Å². The number of hydrogen-bond acceptors (Lipinski definition) is 4. The third-order valence-electron chi connectivity index (χ3n) is 8.05. The summed E-state index contributed by atoms with van der Waals surface area (Å²) in [6.07, 6.45) is 5.80. The zero-order valence-electron chi connectivity index (χ0n) is 20.8. The van der Waals surface area contributed by atoms with Crippen molar-refractivity contribution in [3.05, 3.63) is 71.3 Å². The first-order chi connectivity index (χ1) is 17.2. The van der Waals surface area contributed by atoms with Gasteiger partial charge in [0.1, 0.15) is 0 Å². The van der Waals surface area contributed by atoms with E-state index in [0.29, 0.717) is 19.6 Å². The van der Waals surface area contributed by atoms with Gasteiger partial charge in [-0.1, -0.05) is 55.0 Å². The summed E-state index contributed by atoms with van der Waals surface area (Å²) in [5, 5.41) is 0. The zero-order valence-corrected chi connectivity index (χ0v) is 20.8. The molecule has 0 spiro atoms. The number of piperazine rings is 2. The summed E-state index contributed by atoms with van der Waals surface area (Å²) in [5.74, 6) is 0.357. The van der Waals surface area contributed by atoms with E-state index in [1.165, 1.54) is 24.8 Å². The molecular weight excluding hydrogens is 436 g/mol. The zero-order chi connectivity index (χ0) is 24.0. The number of carbonyl (C=O) groups is 2. The van der Waals surface area contributed by atoms with Crippen LogP contribution in [0.1, 0.15) is 40.7 Å². The maximum absolute atomic E-state index is 13.4. The average molecular weight is 475 g/mol. The van der Waals surface area contributed by atoms with E-state index in [0.717, 1.165) is 69.3 Å². The van der Waals surface area contributed by atoms with E-state index in [1.807, 2.05) is 34.1 Å². The number of carbonyl (C=O) groups excluding carboxylic acids is 2. The lowest BCUT2D eigenvalue weighted by Gasteiger charge is -2.43. The van der Waals surface area contributed by atoms with Crippen LogP contribution >= 0.6 is 0 Å². The molecule has 0 unspecified atom stereocenters. The fourth-order valence-electron chi connectivity index (χ4n) is 5.53. The third-order valence-corrected chi connectivity index (χ3v) is 8.05. The molecule has 6 heteroatoms. The highest BCUT2D eigenvalue weighted by molar-refractivity contribution is 5.95. The molecule has 2 amide bonds. The van der Waals surface area contributed by atoms with Gasteiger partial charge < -0.3 is 9.80 Å². The Bertz CT molecular complexity index is 991. The molecule has 5 rings (SSSR count). The van der Waals surface area contributed by atoms with Crippen molar-refractivity contribution in [1.29, 1.82) is 0 Å². The molecule has 2 aromatic rings. The summed E-state index contributed by atoms with van der Waals surface area (Å²) in [5.41, 5.74) is 3.22. The summed E-state index contributed by atoms with van der Waals surface area (Å²) in [4.78, 5) is 35.0. The molecule has 0 aromatic heterocycles. The average Bonchev–Trinajstić information content (AvgIpc) is 2.88. The molecule has 0 radical (unpaired) electrons. The van der Waals surface area contributed by atoms with Gasteiger partial charge in [-0.05, 0) is 42.9 Å². The number of benzene rings is 2. The molecule has 6 nitrogen and oxygen atoms in total. The van der Waals surface area contributed by atoms with E-state index in [4.69, 9.17) is 0 Å². The highest BCUT2D eigenvalue weighted by atomic mass is 16.2. The molecule has 186 valence electrons. The van der Waals surface area contributed by atoms with Gasteiger partial charge in [-0.25, -0.2) is 0 Å². The molecule has 1 saturated carbocycles. The Kier molecular flexibility index (Phi) is 7.79. The Labute approximate surface area is 209 Å². The molecule has 35 heavy (non-hydrogen) atoms. The van der Waals surface area contributed by atoms with Crippen molar-refractivity contribution in [2.75, 3.05) is 58.9 Å². The van der Waals surface area contributed by atoms with Crippen LogP contribution in [0.3, 0.4) is 0 Å². The summed E-state index contributed by atoms with van der Waals surface area (Å²) in [7, 11) is 0. The summed E-state index contributed by atoms with van der Waals surface area (Å²) in [6, 6.07) is 19.2. The van der Waals surface area contributed by atoms with Crippen LogP contribution in [-0.4, -0.2) is 96.4 Å². The molecule has 2 saturated heterocycles. The van der Waals surface area contributed by atoms with Crippen LogP contribution in [0, 0.1) is 0 Å². The second-order valence-electron chi connectivity index (χ2n) is 10.2. The van der Waals surface area contributed by atoms with Crippen molar-refractivity contribution in [2.24, 2.45) is 0 Å². The number of rotatable bonds is 7. The highest BCUT2D eigenvalue weighted by Gasteiger charge is 2.30. The number of amides is 2. The van der Waals surface area contributed by atoms with Gasteiger partial charge in [-0.15, -0.1) is 0 Å². The maximum atomic E-state index is 13.4. The largest absolute Gasteiger partial charge is 0.339 e. The predicted octanol–water partition coefficient (Wildman–Crippen LogP) is 2.93. The first-order valence-corrected chi connectivity index (χ1v) is 13.3. The Morgan fingerprint density at radius 1 is 0.714 bits per heavy atom. The normalized spacial score (nSPS) is 20.0. The van der Waals surface area contributed by atoms with Crippen LogP contribution in [0.5, 0.6) is 0 Å². The van der Waals surface area contributed by atoms with E-state index in [9.17, 15) is 9.59 Å². The van der Waals surface area contributed by atoms with Crippen molar-refractivity contribution in [3.63, 3.8) is 0 Å². The predicted molar refractivity (Wildman–Crippen MR) is 138 cm³/mol. The Morgan fingerprint density at radius 2 is 1.37 bits per heavy atom. The Hall–Kier alpha value is -2.70. The molecule has 0 bridgehead atoms. The minimum atomic E-state index is 0.117. The first-order valence-electron chi connectivity index (χ1n) is 13.3. The van der Waals surface area contributed by atoms with Crippen molar-refractivity contribution >= 4 is 11.8 Å². The quantitative estimate of drug-likeness (QED) is 0.619. The van der Waals surface area contributed by atoms with Crippen molar-refractivity contribution < 1.29 is 9.59 Å². The fraction of sp³-hybridized carbons (Fsp3) is 0.517. The maximum Gasteiger partial charge on any atom is 0.254 e. The molecule has 0 atom stereocenters. The van der Waals surface area contributed by atoms with Crippen molar-refractivity contribution in [1.82, 2.24) is 19.6 Å². The lowest BCUT2D eigenvalue weighted by molar-refractivity contribution is -0.135. The molecule has 2 heterocycles. The Balaban J connectivity index is 1.09. The van der Waals surface area contributed by atoms with E-state index in [-0.39, 0.29) is 11.8 Å². The van der Waals surface area contributed by atoms with Crippen LogP contribution < -0.4 is 0 Å². The van der Waals surface area contributed by atoms with Crippen LogP contribution in [0.4, 0.5) is 0 Å². The van der Waals surface area contributed by atoms with E-state index >= 15 is 0 Å². The molecule has 2 aromatic carbocycles. The monoisotopic (exact) mass is 474 g/mol. The Morgan fingerprint density at radius 3 is 2.06 bits per heavy atom. The lowest BCUT2D eigenvalue weighted by Crippen LogP contribution is -2.56. The van der Waals surface area contributed by atoms with E-state index in [1.54, 1.807) is 0 Å². The molecule has 0 N–H and O–H groups in total. The second kappa shape index (κ2) is 11.4. The molecular formula is C29H38N4O2. The SMILES string of the molecule is O=C(CN1CCN(C(=O)c2ccccc2CCc2ccccc2)CC1)N1CCN(C2CCC2)CC1. The van der Waals surface area contributed by atoms with Crippen molar-refractivity contribution in [3.8, 4) is 0 Å². The van der Waals surface area contributed by atoms with Gasteiger partial charge in [0.15, 0.2) is 0 Å². The van der Waals surface area contributed by atoms with Gasteiger partial charge in [-0.3, -0.25) is 19.4 Å². The topological polar surface area (TPSA) is 47.1 Å². The number of nitrogens with zero attached hydrogens (tertiary/aromatic N) is 4. The van der Waals surface area contributed by atoms with Gasteiger partial charge in [0.2, 0.25) is 5.91 Å². The minimum absolute atomic E-state index is 0.117. The molecule has 2 aliphatic heterocycles.